The molecule has 0 rings (SSSR count). The summed E-state index contributed by atoms with van der Waals surface area (Å²) >= 11 is 0. The summed E-state index contributed by atoms with van der Waals surface area (Å²) in [7, 11) is 0. The monoisotopic (exact) mass is 921 g/mol. The minimum absolute atomic E-state index is 0.0847. The molecule has 0 saturated carbocycles. The van der Waals surface area contributed by atoms with Crippen LogP contribution in [0.3, 0.4) is 0 Å². The van der Waals surface area contributed by atoms with Crippen molar-refractivity contribution in [3.63, 3.8) is 0 Å². The third-order valence-electron chi connectivity index (χ3n) is 11.9. The molecule has 1 unspecified atom stereocenters. The fourth-order valence-corrected chi connectivity index (χ4v) is 7.74. The molecule has 0 aromatic rings. The number of hydrogen-bond acceptors (Lipinski definition) is 6. The van der Waals surface area contributed by atoms with Gasteiger partial charge in [0.05, 0.1) is 0 Å². The Morgan fingerprint density at radius 3 is 1.00 bits per heavy atom. The van der Waals surface area contributed by atoms with Crippen LogP contribution in [0.25, 0.3) is 0 Å². The standard InChI is InChI=1S/C60H104O6/c1-4-7-10-13-16-19-22-25-27-29-30-32-33-35-38-41-44-47-50-53-59(62)65-56-57(55-64-58(61)52-49-46-43-40-37-24-21-18-15-12-9-6-3)66-60(63)54-51-48-45-42-39-36-34-31-28-26-23-20-17-14-11-8-5-2/h9,12,16-22,25-26,28,57H,4-8,10-11,13-15,23-24,27,29-56H2,1-3H3/b12-9-,19-16-,20-17-,21-18-,25-22-,28-26-. The minimum atomic E-state index is -0.787. The quantitative estimate of drug-likeness (QED) is 0.0199. The number of hydrogen-bond donors (Lipinski definition) is 0. The average Bonchev–Trinajstić information content (AvgIpc) is 3.31. The van der Waals surface area contributed by atoms with Crippen LogP contribution in [0.2, 0.25) is 0 Å². The lowest BCUT2D eigenvalue weighted by atomic mass is 10.1. The van der Waals surface area contributed by atoms with Crippen LogP contribution < -0.4 is 0 Å². The number of ether oxygens (including phenoxy) is 3. The molecule has 66 heavy (non-hydrogen) atoms. The van der Waals surface area contributed by atoms with Crippen molar-refractivity contribution in [1.82, 2.24) is 0 Å². The largest absolute Gasteiger partial charge is 0.462 e. The molecule has 0 saturated heterocycles. The number of unbranched alkanes of at least 4 members (excludes halogenated alkanes) is 28. The second-order valence-electron chi connectivity index (χ2n) is 18.5. The second kappa shape index (κ2) is 54.5. The van der Waals surface area contributed by atoms with E-state index in [9.17, 15) is 14.4 Å². The van der Waals surface area contributed by atoms with E-state index in [-0.39, 0.29) is 31.1 Å². The third-order valence-corrected chi connectivity index (χ3v) is 11.9. The SMILES string of the molecule is CC/C=C\C/C=C\CCCCCCCC(=O)OCC(COC(=O)CCCCCCCCCCCC/C=C\C=C/CCCCC)OC(=O)CCCCCCCCC/C=C\C/C=C\CCCCC. The van der Waals surface area contributed by atoms with Crippen LogP contribution in [0, 0.1) is 0 Å². The van der Waals surface area contributed by atoms with E-state index in [1.807, 2.05) is 0 Å². The van der Waals surface area contributed by atoms with Crippen molar-refractivity contribution in [3.8, 4) is 0 Å². The summed E-state index contributed by atoms with van der Waals surface area (Å²) in [4.78, 5) is 38.1. The number of allylic oxidation sites excluding steroid dienone is 12. The molecule has 0 fully saturated rings. The van der Waals surface area contributed by atoms with E-state index in [1.54, 1.807) is 0 Å². The van der Waals surface area contributed by atoms with Gasteiger partial charge in [-0.15, -0.1) is 0 Å². The van der Waals surface area contributed by atoms with Crippen molar-refractivity contribution in [2.45, 2.75) is 277 Å². The van der Waals surface area contributed by atoms with Gasteiger partial charge in [0.25, 0.3) is 0 Å². The number of esters is 3. The van der Waals surface area contributed by atoms with E-state index in [2.05, 4.69) is 93.7 Å². The normalized spacial score (nSPS) is 12.6. The Hall–Kier alpha value is -3.15. The highest BCUT2D eigenvalue weighted by atomic mass is 16.6. The first-order valence-electron chi connectivity index (χ1n) is 28.0. The van der Waals surface area contributed by atoms with Crippen LogP contribution in [0.15, 0.2) is 72.9 Å². The van der Waals surface area contributed by atoms with Gasteiger partial charge in [0, 0.05) is 19.3 Å². The molecule has 6 heteroatoms. The number of rotatable bonds is 50. The summed E-state index contributed by atoms with van der Waals surface area (Å²) in [6, 6.07) is 0. The maximum Gasteiger partial charge on any atom is 0.306 e. The molecule has 0 N–H and O–H groups in total. The summed E-state index contributed by atoms with van der Waals surface area (Å²) in [5, 5.41) is 0. The maximum atomic E-state index is 12.8. The topological polar surface area (TPSA) is 78.9 Å². The van der Waals surface area contributed by atoms with Gasteiger partial charge in [-0.2, -0.15) is 0 Å². The van der Waals surface area contributed by atoms with Crippen molar-refractivity contribution < 1.29 is 28.6 Å². The summed E-state index contributed by atoms with van der Waals surface area (Å²) in [6.07, 6.45) is 68.9. The van der Waals surface area contributed by atoms with Crippen LogP contribution in [-0.2, 0) is 28.6 Å². The Labute approximate surface area is 408 Å². The number of carbonyl (C=O) groups excluding carboxylic acids is 3. The molecule has 1 atom stereocenters. The van der Waals surface area contributed by atoms with Gasteiger partial charge in [0.15, 0.2) is 6.10 Å². The van der Waals surface area contributed by atoms with Crippen molar-refractivity contribution in [1.29, 1.82) is 0 Å². The Kier molecular flexibility index (Phi) is 51.9. The van der Waals surface area contributed by atoms with Gasteiger partial charge in [-0.05, 0) is 103 Å². The summed E-state index contributed by atoms with van der Waals surface area (Å²) in [5.41, 5.74) is 0. The van der Waals surface area contributed by atoms with E-state index >= 15 is 0 Å². The molecule has 0 aromatic heterocycles. The predicted molar refractivity (Wildman–Crippen MR) is 284 cm³/mol. The molecule has 0 aliphatic rings. The van der Waals surface area contributed by atoms with Gasteiger partial charge in [0.2, 0.25) is 0 Å². The van der Waals surface area contributed by atoms with E-state index in [1.165, 1.54) is 128 Å². The Morgan fingerprint density at radius 1 is 0.333 bits per heavy atom. The van der Waals surface area contributed by atoms with Gasteiger partial charge in [-0.25, -0.2) is 0 Å². The Balaban J connectivity index is 4.37. The minimum Gasteiger partial charge on any atom is -0.462 e. The summed E-state index contributed by atoms with van der Waals surface area (Å²) < 4.78 is 16.8. The zero-order chi connectivity index (χ0) is 47.9. The lowest BCUT2D eigenvalue weighted by molar-refractivity contribution is -0.167. The summed E-state index contributed by atoms with van der Waals surface area (Å²) in [5.74, 6) is -0.905. The molecule has 6 nitrogen and oxygen atoms in total. The van der Waals surface area contributed by atoms with Crippen LogP contribution >= 0.6 is 0 Å². The van der Waals surface area contributed by atoms with E-state index < -0.39 is 6.10 Å². The Bertz CT molecular complexity index is 1240. The second-order valence-corrected chi connectivity index (χ2v) is 18.5. The first-order chi connectivity index (χ1) is 32.5. The van der Waals surface area contributed by atoms with Gasteiger partial charge < -0.3 is 14.2 Å². The molecule has 0 aliphatic carbocycles. The summed E-state index contributed by atoms with van der Waals surface area (Å²) in [6.45, 7) is 6.47. The maximum absolute atomic E-state index is 12.8. The molecule has 0 aliphatic heterocycles. The highest BCUT2D eigenvalue weighted by Crippen LogP contribution is 2.15. The molecule has 0 radical (unpaired) electrons. The van der Waals surface area contributed by atoms with Crippen molar-refractivity contribution in [2.24, 2.45) is 0 Å². The highest BCUT2D eigenvalue weighted by molar-refractivity contribution is 5.71. The molecular formula is C60H104O6. The smallest absolute Gasteiger partial charge is 0.306 e. The fraction of sp³-hybridized carbons (Fsp3) is 0.750. The van der Waals surface area contributed by atoms with E-state index in [0.717, 1.165) is 103 Å². The third kappa shape index (κ3) is 51.8. The average molecular weight is 921 g/mol. The van der Waals surface area contributed by atoms with Crippen LogP contribution in [0.5, 0.6) is 0 Å². The zero-order valence-electron chi connectivity index (χ0n) is 43.4. The first kappa shape index (κ1) is 62.8. The van der Waals surface area contributed by atoms with Gasteiger partial charge in [-0.3, -0.25) is 14.4 Å². The molecule has 380 valence electrons. The van der Waals surface area contributed by atoms with Crippen LogP contribution in [-0.4, -0.2) is 37.2 Å². The lowest BCUT2D eigenvalue weighted by Crippen LogP contribution is -2.30. The van der Waals surface area contributed by atoms with Gasteiger partial charge in [-0.1, -0.05) is 222 Å². The fourth-order valence-electron chi connectivity index (χ4n) is 7.74. The van der Waals surface area contributed by atoms with Crippen LogP contribution in [0.4, 0.5) is 0 Å². The highest BCUT2D eigenvalue weighted by Gasteiger charge is 2.19. The van der Waals surface area contributed by atoms with Gasteiger partial charge >= 0.3 is 17.9 Å². The molecular weight excluding hydrogens is 817 g/mol. The molecule has 0 bridgehead atoms. The predicted octanol–water partition coefficient (Wildman–Crippen LogP) is 18.6. The molecule has 0 amide bonds. The molecule has 0 heterocycles. The van der Waals surface area contributed by atoms with E-state index in [0.29, 0.717) is 19.3 Å². The zero-order valence-corrected chi connectivity index (χ0v) is 43.4. The number of carbonyl (C=O) groups is 3. The van der Waals surface area contributed by atoms with E-state index in [4.69, 9.17) is 14.2 Å². The van der Waals surface area contributed by atoms with Crippen molar-refractivity contribution >= 4 is 17.9 Å². The molecule has 0 aromatic carbocycles. The molecule has 0 spiro atoms. The van der Waals surface area contributed by atoms with Crippen molar-refractivity contribution in [3.05, 3.63) is 72.9 Å². The first-order valence-corrected chi connectivity index (χ1v) is 28.0. The van der Waals surface area contributed by atoms with Crippen LogP contribution in [0.1, 0.15) is 271 Å². The van der Waals surface area contributed by atoms with Crippen molar-refractivity contribution in [2.75, 3.05) is 13.2 Å². The Morgan fingerprint density at radius 2 is 0.636 bits per heavy atom. The lowest BCUT2D eigenvalue weighted by Gasteiger charge is -2.18. The van der Waals surface area contributed by atoms with Gasteiger partial charge in [0.1, 0.15) is 13.2 Å².